The number of pyridine rings is 1. The molecule has 2 heterocycles. The molecular weight excluding hydrogens is 228 g/mol. The Morgan fingerprint density at radius 3 is 2.83 bits per heavy atom. The van der Waals surface area contributed by atoms with Crippen molar-refractivity contribution in [1.29, 1.82) is 0 Å². The molecule has 0 amide bonds. The van der Waals surface area contributed by atoms with E-state index in [4.69, 9.17) is 4.74 Å². The Kier molecular flexibility index (Phi) is 3.94. The van der Waals surface area contributed by atoms with Crippen LogP contribution in [0.3, 0.4) is 0 Å². The highest BCUT2D eigenvalue weighted by Gasteiger charge is 2.05. The van der Waals surface area contributed by atoms with Gasteiger partial charge in [0.1, 0.15) is 0 Å². The van der Waals surface area contributed by atoms with Crippen molar-refractivity contribution in [3.05, 3.63) is 35.8 Å². The summed E-state index contributed by atoms with van der Waals surface area (Å²) in [5, 5.41) is 7.20. The van der Waals surface area contributed by atoms with Gasteiger partial charge in [0.05, 0.1) is 12.4 Å². The second kappa shape index (κ2) is 5.64. The number of rotatable bonds is 5. The van der Waals surface area contributed by atoms with Crippen molar-refractivity contribution in [2.75, 3.05) is 7.05 Å². The lowest BCUT2D eigenvalue weighted by molar-refractivity contribution is 0.459. The van der Waals surface area contributed by atoms with E-state index < -0.39 is 0 Å². The van der Waals surface area contributed by atoms with Crippen LogP contribution in [0.25, 0.3) is 0 Å². The fourth-order valence-corrected chi connectivity index (χ4v) is 1.73. The molecule has 2 aromatic rings. The third-order valence-electron chi connectivity index (χ3n) is 2.56. The molecule has 0 atom stereocenters. The minimum absolute atomic E-state index is 0.618. The lowest BCUT2D eigenvalue weighted by atomic mass is 10.2. The molecule has 5 heteroatoms. The lowest BCUT2D eigenvalue weighted by Crippen LogP contribution is -2.06. The van der Waals surface area contributed by atoms with Gasteiger partial charge in [0.2, 0.25) is 5.88 Å². The van der Waals surface area contributed by atoms with Crippen LogP contribution in [0.15, 0.2) is 24.5 Å². The zero-order valence-corrected chi connectivity index (χ0v) is 11.0. The van der Waals surface area contributed by atoms with Crippen molar-refractivity contribution >= 4 is 0 Å². The Morgan fingerprint density at radius 1 is 1.39 bits per heavy atom. The molecule has 0 bridgehead atoms. The molecule has 18 heavy (non-hydrogen) atoms. The summed E-state index contributed by atoms with van der Waals surface area (Å²) in [7, 11) is 3.78. The van der Waals surface area contributed by atoms with Gasteiger partial charge in [-0.1, -0.05) is 6.92 Å². The molecule has 0 fully saturated rings. The van der Waals surface area contributed by atoms with E-state index >= 15 is 0 Å². The van der Waals surface area contributed by atoms with Crippen LogP contribution in [0.1, 0.15) is 18.2 Å². The second-order valence-electron chi connectivity index (χ2n) is 4.14. The van der Waals surface area contributed by atoms with Crippen molar-refractivity contribution in [3.63, 3.8) is 0 Å². The summed E-state index contributed by atoms with van der Waals surface area (Å²) in [6.45, 7) is 2.89. The molecule has 2 rings (SSSR count). The average molecular weight is 246 g/mol. The van der Waals surface area contributed by atoms with Crippen LogP contribution in [0.2, 0.25) is 0 Å². The van der Waals surface area contributed by atoms with Gasteiger partial charge in [-0.25, -0.2) is 4.98 Å². The first kappa shape index (κ1) is 12.6. The number of aromatic nitrogens is 3. The van der Waals surface area contributed by atoms with Crippen molar-refractivity contribution in [3.8, 4) is 11.6 Å². The van der Waals surface area contributed by atoms with E-state index in [1.54, 1.807) is 10.9 Å². The number of hydrogen-bond donors (Lipinski definition) is 1. The van der Waals surface area contributed by atoms with Crippen molar-refractivity contribution in [2.45, 2.75) is 19.9 Å². The van der Waals surface area contributed by atoms with Gasteiger partial charge in [-0.2, -0.15) is 5.10 Å². The predicted molar refractivity (Wildman–Crippen MR) is 69.7 cm³/mol. The number of nitrogens with zero attached hydrogens (tertiary/aromatic N) is 3. The normalized spacial score (nSPS) is 10.6. The molecule has 2 aromatic heterocycles. The van der Waals surface area contributed by atoms with E-state index in [2.05, 4.69) is 28.4 Å². The molecule has 0 radical (unpaired) electrons. The molecule has 0 aliphatic carbocycles. The standard InChI is InChI=1S/C13H18N4O/c1-4-11-5-10(7-14-2)6-13(16-11)18-12-8-15-17(3)9-12/h5-6,8-9,14H,4,7H2,1-3H3. The number of hydrogen-bond acceptors (Lipinski definition) is 4. The first-order valence-electron chi connectivity index (χ1n) is 6.02. The largest absolute Gasteiger partial charge is 0.436 e. The summed E-state index contributed by atoms with van der Waals surface area (Å²) in [5.41, 5.74) is 2.20. The van der Waals surface area contributed by atoms with Crippen molar-refractivity contribution in [2.24, 2.45) is 7.05 Å². The average Bonchev–Trinajstić information content (AvgIpc) is 2.75. The van der Waals surface area contributed by atoms with E-state index in [-0.39, 0.29) is 0 Å². The number of aryl methyl sites for hydroxylation is 2. The third kappa shape index (κ3) is 3.07. The van der Waals surface area contributed by atoms with E-state index in [0.29, 0.717) is 11.6 Å². The summed E-state index contributed by atoms with van der Waals surface area (Å²) < 4.78 is 7.41. The third-order valence-corrected chi connectivity index (χ3v) is 2.56. The van der Waals surface area contributed by atoms with Crippen LogP contribution in [0, 0.1) is 0 Å². The monoisotopic (exact) mass is 246 g/mol. The van der Waals surface area contributed by atoms with Gasteiger partial charge >= 0.3 is 0 Å². The Balaban J connectivity index is 2.23. The van der Waals surface area contributed by atoms with Crippen LogP contribution in [0.5, 0.6) is 11.6 Å². The van der Waals surface area contributed by atoms with Crippen LogP contribution >= 0.6 is 0 Å². The molecule has 0 aromatic carbocycles. The molecule has 0 unspecified atom stereocenters. The molecular formula is C13H18N4O. The molecule has 0 spiro atoms. The van der Waals surface area contributed by atoms with Gasteiger partial charge in [0.25, 0.3) is 0 Å². The lowest BCUT2D eigenvalue weighted by Gasteiger charge is -2.07. The van der Waals surface area contributed by atoms with Crippen LogP contribution in [-0.2, 0) is 20.0 Å². The Morgan fingerprint density at radius 2 is 2.22 bits per heavy atom. The fraction of sp³-hybridized carbons (Fsp3) is 0.385. The minimum Gasteiger partial charge on any atom is -0.436 e. The van der Waals surface area contributed by atoms with Gasteiger partial charge in [0.15, 0.2) is 5.75 Å². The molecule has 1 N–H and O–H groups in total. The molecule has 0 saturated carbocycles. The highest BCUT2D eigenvalue weighted by molar-refractivity contribution is 5.28. The zero-order valence-electron chi connectivity index (χ0n) is 11.0. The summed E-state index contributed by atoms with van der Waals surface area (Å²) in [4.78, 5) is 4.45. The molecule has 0 aliphatic rings. The number of ether oxygens (including phenoxy) is 1. The zero-order chi connectivity index (χ0) is 13.0. The summed E-state index contributed by atoms with van der Waals surface area (Å²) >= 11 is 0. The predicted octanol–water partition coefficient (Wildman–Crippen LogP) is 1.89. The maximum absolute atomic E-state index is 5.71. The van der Waals surface area contributed by atoms with Gasteiger partial charge in [-0.05, 0) is 25.1 Å². The van der Waals surface area contributed by atoms with Gasteiger partial charge in [0, 0.05) is 25.4 Å². The number of nitrogens with one attached hydrogen (secondary N) is 1. The Labute approximate surface area is 107 Å². The molecule has 5 nitrogen and oxygen atoms in total. The Hall–Kier alpha value is -1.88. The van der Waals surface area contributed by atoms with Crippen LogP contribution in [0.4, 0.5) is 0 Å². The fourth-order valence-electron chi connectivity index (χ4n) is 1.73. The summed E-state index contributed by atoms with van der Waals surface area (Å²) in [6, 6.07) is 4.04. The van der Waals surface area contributed by atoms with Gasteiger partial charge < -0.3 is 10.1 Å². The van der Waals surface area contributed by atoms with Crippen molar-refractivity contribution in [1.82, 2.24) is 20.1 Å². The first-order valence-corrected chi connectivity index (χ1v) is 6.02. The van der Waals surface area contributed by atoms with E-state index in [1.807, 2.05) is 26.4 Å². The molecule has 96 valence electrons. The van der Waals surface area contributed by atoms with E-state index in [9.17, 15) is 0 Å². The van der Waals surface area contributed by atoms with Crippen LogP contribution in [-0.4, -0.2) is 21.8 Å². The molecule has 0 saturated heterocycles. The second-order valence-corrected chi connectivity index (χ2v) is 4.14. The topological polar surface area (TPSA) is 52.0 Å². The highest BCUT2D eigenvalue weighted by atomic mass is 16.5. The van der Waals surface area contributed by atoms with Crippen molar-refractivity contribution < 1.29 is 4.74 Å². The molecule has 0 aliphatic heterocycles. The smallest absolute Gasteiger partial charge is 0.219 e. The maximum atomic E-state index is 5.71. The maximum Gasteiger partial charge on any atom is 0.219 e. The highest BCUT2D eigenvalue weighted by Crippen LogP contribution is 2.20. The first-order chi connectivity index (χ1) is 8.71. The van der Waals surface area contributed by atoms with Crippen LogP contribution < -0.4 is 10.1 Å². The van der Waals surface area contributed by atoms with E-state index in [1.165, 1.54) is 5.56 Å². The van der Waals surface area contributed by atoms with Gasteiger partial charge in [-0.3, -0.25) is 4.68 Å². The van der Waals surface area contributed by atoms with Gasteiger partial charge in [-0.15, -0.1) is 0 Å². The quantitative estimate of drug-likeness (QED) is 0.875. The summed E-state index contributed by atoms with van der Waals surface area (Å²) in [6.07, 6.45) is 4.39. The summed E-state index contributed by atoms with van der Waals surface area (Å²) in [5.74, 6) is 1.32. The minimum atomic E-state index is 0.618. The SMILES string of the molecule is CCc1cc(CNC)cc(Oc2cnn(C)c2)n1. The van der Waals surface area contributed by atoms with E-state index in [0.717, 1.165) is 18.7 Å². The Bertz CT molecular complexity index is 521.